The maximum atomic E-state index is 10.4. The summed E-state index contributed by atoms with van der Waals surface area (Å²) in [5, 5.41) is 15.7. The van der Waals surface area contributed by atoms with Gasteiger partial charge < -0.3 is 14.7 Å². The Morgan fingerprint density at radius 2 is 1.65 bits per heavy atom. The number of pyridine rings is 2. The van der Waals surface area contributed by atoms with Gasteiger partial charge in [-0.25, -0.2) is 9.97 Å². The van der Waals surface area contributed by atoms with Crippen LogP contribution in [-0.4, -0.2) is 51.2 Å². The number of benzene rings is 1. The van der Waals surface area contributed by atoms with Gasteiger partial charge >= 0.3 is 29.6 Å². The van der Waals surface area contributed by atoms with E-state index < -0.39 is 0 Å². The summed E-state index contributed by atoms with van der Waals surface area (Å²) in [5.41, 5.74) is 3.91. The van der Waals surface area contributed by atoms with Crippen LogP contribution in [0.2, 0.25) is 0 Å². The molecule has 0 saturated carbocycles. The number of phenols is 1. The van der Waals surface area contributed by atoms with E-state index in [1.54, 1.807) is 10.7 Å². The molecule has 154 valence electrons. The van der Waals surface area contributed by atoms with Crippen molar-refractivity contribution < 1.29 is 39.4 Å². The molecule has 5 heterocycles. The van der Waals surface area contributed by atoms with E-state index in [2.05, 4.69) is 21.2 Å². The molecule has 0 amide bonds. The van der Waals surface area contributed by atoms with Crippen molar-refractivity contribution in [3.05, 3.63) is 49.0 Å². The molecule has 2 aliphatic rings. The fourth-order valence-electron chi connectivity index (χ4n) is 3.78. The van der Waals surface area contributed by atoms with Gasteiger partial charge in [0.2, 0.25) is 0 Å². The molecule has 3 aromatic heterocycles. The minimum absolute atomic E-state index is 0. The molecule has 0 spiro atoms. The number of phenolic OH excluding ortho intramolecular Hbond substituents is 1. The molecule has 8 heteroatoms. The molecule has 4 aromatic rings. The predicted octanol–water partition coefficient (Wildman–Crippen LogP) is 0.714. The van der Waals surface area contributed by atoms with Gasteiger partial charge in [-0.2, -0.15) is 5.10 Å². The molecule has 31 heavy (non-hydrogen) atoms. The van der Waals surface area contributed by atoms with Crippen molar-refractivity contribution in [3.8, 4) is 17.0 Å². The number of hydrogen-bond donors (Lipinski definition) is 1. The smallest absolute Gasteiger partial charge is 0.507 e. The van der Waals surface area contributed by atoms with Crippen LogP contribution in [0.5, 0.6) is 5.75 Å². The summed E-state index contributed by atoms with van der Waals surface area (Å²) in [6.07, 6.45) is 6.48. The summed E-state index contributed by atoms with van der Waals surface area (Å²) in [7, 11) is 1.87. The number of hydrogen-bond acceptors (Lipinski definition) is 6. The first kappa shape index (κ1) is 22.0. The third-order valence-corrected chi connectivity index (χ3v) is 5.44. The van der Waals surface area contributed by atoms with E-state index in [1.165, 1.54) is 12.8 Å². The number of aryl methyl sites for hydroxylation is 1. The third kappa shape index (κ3) is 4.70. The van der Waals surface area contributed by atoms with Gasteiger partial charge in [0, 0.05) is 43.4 Å². The minimum atomic E-state index is 0. The van der Waals surface area contributed by atoms with E-state index >= 15 is 0 Å². The van der Waals surface area contributed by atoms with E-state index in [1.807, 2.05) is 43.6 Å². The average molecular weight is 425 g/mol. The number of fused-ring (bicyclic) bond motifs is 2. The van der Waals surface area contributed by atoms with Gasteiger partial charge in [0.25, 0.3) is 0 Å². The van der Waals surface area contributed by atoms with Crippen LogP contribution in [0, 0.1) is 6.42 Å². The number of anilines is 1. The number of aromatic hydroxyl groups is 1. The number of ether oxygens (including phenoxy) is 1. The summed E-state index contributed by atoms with van der Waals surface area (Å²) < 4.78 is 6.41. The maximum Gasteiger partial charge on any atom is 1.00 e. The van der Waals surface area contributed by atoms with E-state index in [4.69, 9.17) is 9.97 Å². The second kappa shape index (κ2) is 9.53. The molecule has 0 radical (unpaired) electrons. The zero-order valence-electron chi connectivity index (χ0n) is 18.0. The largest absolute Gasteiger partial charge is 1.00 e. The second-order valence-corrected chi connectivity index (χ2v) is 7.66. The van der Waals surface area contributed by atoms with Crippen molar-refractivity contribution in [2.75, 3.05) is 31.2 Å². The quantitative estimate of drug-likeness (QED) is 0.377. The SMILES string of the molecule is Cn1cc2cc(-c3ccc4nc(N5CCCC5)ccc4n3)c(O)cc2n1.[CH-]1COC1.[Na+]. The Balaban J connectivity index is 0.000000418. The van der Waals surface area contributed by atoms with Crippen molar-refractivity contribution in [1.82, 2.24) is 19.7 Å². The molecule has 0 unspecified atom stereocenters. The molecule has 1 N–H and O–H groups in total. The van der Waals surface area contributed by atoms with Crippen LogP contribution in [0.4, 0.5) is 5.82 Å². The van der Waals surface area contributed by atoms with Crippen molar-refractivity contribution in [1.29, 1.82) is 0 Å². The molecule has 2 saturated heterocycles. The topological polar surface area (TPSA) is 76.3 Å². The number of nitrogens with zero attached hydrogens (tertiary/aromatic N) is 5. The van der Waals surface area contributed by atoms with Crippen LogP contribution in [0.3, 0.4) is 0 Å². The van der Waals surface area contributed by atoms with Gasteiger partial charge in [0.15, 0.2) is 0 Å². The number of rotatable bonds is 2. The molecular weight excluding hydrogens is 401 g/mol. The normalized spacial score (nSPS) is 15.3. The van der Waals surface area contributed by atoms with Gasteiger partial charge in [-0.1, -0.05) is 13.2 Å². The predicted molar refractivity (Wildman–Crippen MR) is 117 cm³/mol. The second-order valence-electron chi connectivity index (χ2n) is 7.66. The number of aromatic nitrogens is 4. The standard InChI is InChI=1S/C20H19N5O.C3H5O.Na/c1-24-12-13-10-14(19(26)11-18(13)23-24)15-4-5-17-16(21-15)6-7-20(22-17)25-8-2-3-9-25;1-2-4-3-1;/h4-7,10-12,26H,2-3,8-9H2,1H3;1H,2-3H2;/q;-1;+1. The van der Waals surface area contributed by atoms with Gasteiger partial charge in [0.05, 0.1) is 22.2 Å². The van der Waals surface area contributed by atoms with Crippen LogP contribution in [-0.2, 0) is 11.8 Å². The summed E-state index contributed by atoms with van der Waals surface area (Å²) in [4.78, 5) is 11.8. The van der Waals surface area contributed by atoms with E-state index in [-0.39, 0.29) is 35.3 Å². The monoisotopic (exact) mass is 425 g/mol. The fourth-order valence-corrected chi connectivity index (χ4v) is 3.78. The first-order chi connectivity index (χ1) is 14.7. The molecule has 0 atom stereocenters. The van der Waals surface area contributed by atoms with Gasteiger partial charge in [-0.15, -0.1) is 0 Å². The van der Waals surface area contributed by atoms with Crippen LogP contribution >= 0.6 is 0 Å². The van der Waals surface area contributed by atoms with Crippen molar-refractivity contribution in [3.63, 3.8) is 0 Å². The maximum absolute atomic E-state index is 10.4. The van der Waals surface area contributed by atoms with Gasteiger partial charge in [-0.05, 0) is 43.2 Å². The van der Waals surface area contributed by atoms with Crippen LogP contribution < -0.4 is 34.5 Å². The Morgan fingerprint density at radius 1 is 0.968 bits per heavy atom. The first-order valence-corrected chi connectivity index (χ1v) is 10.3. The Bertz CT molecular complexity index is 1200. The van der Waals surface area contributed by atoms with Gasteiger partial charge in [0.1, 0.15) is 11.6 Å². The molecule has 1 aromatic carbocycles. The minimum Gasteiger partial charge on any atom is -0.507 e. The fraction of sp³-hybridized carbons (Fsp3) is 0.304. The Kier molecular flexibility index (Phi) is 6.77. The Morgan fingerprint density at radius 3 is 2.35 bits per heavy atom. The van der Waals surface area contributed by atoms with Crippen molar-refractivity contribution >= 4 is 27.8 Å². The van der Waals surface area contributed by atoms with Crippen LogP contribution in [0.25, 0.3) is 33.2 Å². The van der Waals surface area contributed by atoms with Crippen LogP contribution in [0.1, 0.15) is 12.8 Å². The molecule has 7 nitrogen and oxygen atoms in total. The van der Waals surface area contributed by atoms with Gasteiger partial charge in [-0.3, -0.25) is 11.1 Å². The van der Waals surface area contributed by atoms with E-state index in [9.17, 15) is 5.11 Å². The summed E-state index contributed by atoms with van der Waals surface area (Å²) in [6.45, 7) is 3.89. The van der Waals surface area contributed by atoms with E-state index in [0.717, 1.165) is 59.8 Å². The molecule has 6 rings (SSSR count). The van der Waals surface area contributed by atoms with Crippen molar-refractivity contribution in [2.45, 2.75) is 12.8 Å². The molecule has 2 fully saturated rings. The zero-order valence-corrected chi connectivity index (χ0v) is 20.0. The van der Waals surface area contributed by atoms with Crippen molar-refractivity contribution in [2.24, 2.45) is 7.05 Å². The summed E-state index contributed by atoms with van der Waals surface area (Å²) in [5.74, 6) is 1.20. The zero-order chi connectivity index (χ0) is 20.5. The van der Waals surface area contributed by atoms with E-state index in [0.29, 0.717) is 5.56 Å². The summed E-state index contributed by atoms with van der Waals surface area (Å²) >= 11 is 0. The molecule has 0 bridgehead atoms. The molecule has 0 aliphatic carbocycles. The molecule has 2 aliphatic heterocycles. The third-order valence-electron chi connectivity index (χ3n) is 5.44. The first-order valence-electron chi connectivity index (χ1n) is 10.3. The molecular formula is C23H24N5NaO2. The average Bonchev–Trinajstić information content (AvgIpc) is 3.34. The Hall–Kier alpha value is -2.19. The summed E-state index contributed by atoms with van der Waals surface area (Å²) in [6, 6.07) is 11.6. The Labute approximate surface area is 203 Å². The van der Waals surface area contributed by atoms with Crippen LogP contribution in [0.15, 0.2) is 42.6 Å².